The van der Waals surface area contributed by atoms with Gasteiger partial charge in [0.05, 0.1) is 11.3 Å². The van der Waals surface area contributed by atoms with Gasteiger partial charge in [0.1, 0.15) is 0 Å². The zero-order chi connectivity index (χ0) is 13.1. The Kier molecular flexibility index (Phi) is 3.23. The van der Waals surface area contributed by atoms with E-state index >= 15 is 0 Å². The summed E-state index contributed by atoms with van der Waals surface area (Å²) in [7, 11) is 0. The Hall–Kier alpha value is -2.43. The summed E-state index contributed by atoms with van der Waals surface area (Å²) in [6.45, 7) is 3.16. The zero-order valence-corrected chi connectivity index (χ0v) is 10.1. The number of hydrogen-bond donors (Lipinski definition) is 1. The van der Waals surface area contributed by atoms with Crippen molar-refractivity contribution in [2.75, 3.05) is 5.32 Å². The second kappa shape index (κ2) is 4.83. The molecule has 0 radical (unpaired) electrons. The van der Waals surface area contributed by atoms with Crippen LogP contribution >= 0.6 is 0 Å². The minimum absolute atomic E-state index is 0.122. The molecule has 5 nitrogen and oxygen atoms in total. The molecule has 0 atom stereocenters. The Morgan fingerprint density at radius 2 is 2.00 bits per heavy atom. The molecule has 0 saturated carbocycles. The molecule has 1 aliphatic rings. The number of nitrogens with zero attached hydrogens (tertiary/aromatic N) is 1. The lowest BCUT2D eigenvalue weighted by atomic mass is 10.1. The van der Waals surface area contributed by atoms with Gasteiger partial charge in [-0.15, -0.1) is 0 Å². The van der Waals surface area contributed by atoms with E-state index in [-0.39, 0.29) is 5.91 Å². The van der Waals surface area contributed by atoms with Crippen molar-refractivity contribution in [3.05, 3.63) is 35.4 Å². The lowest BCUT2D eigenvalue weighted by molar-refractivity contribution is -0.136. The highest BCUT2D eigenvalue weighted by atomic mass is 16.7. The predicted molar refractivity (Wildman–Crippen MR) is 67.9 cm³/mol. The number of nitrogens with one attached hydrogen (secondary N) is 1. The molecule has 5 heteroatoms. The van der Waals surface area contributed by atoms with E-state index in [1.807, 2.05) is 0 Å². The van der Waals surface area contributed by atoms with Crippen LogP contribution in [0.15, 0.2) is 35.0 Å². The molecule has 0 spiro atoms. The van der Waals surface area contributed by atoms with Crippen LogP contribution in [0.4, 0.5) is 5.69 Å². The van der Waals surface area contributed by atoms with Crippen molar-refractivity contribution >= 4 is 29.4 Å². The van der Waals surface area contributed by atoms with Crippen LogP contribution in [0.5, 0.6) is 0 Å². The average Bonchev–Trinajstić information content (AvgIpc) is 2.63. The van der Waals surface area contributed by atoms with Crippen LogP contribution in [0, 0.1) is 0 Å². The van der Waals surface area contributed by atoms with E-state index in [4.69, 9.17) is 0 Å². The fraction of sp³-hybridized carbons (Fsp3) is 0.154. The summed E-state index contributed by atoms with van der Waals surface area (Å²) in [6, 6.07) is 7.13. The number of hydrogen-bond acceptors (Lipinski definition) is 4. The molecule has 0 aromatic heterocycles. The van der Waals surface area contributed by atoms with E-state index in [1.165, 1.54) is 6.92 Å². The van der Waals surface area contributed by atoms with Crippen molar-refractivity contribution < 1.29 is 14.4 Å². The van der Waals surface area contributed by atoms with Crippen LogP contribution in [0.2, 0.25) is 0 Å². The topological polar surface area (TPSA) is 67.8 Å². The molecule has 1 N–H and O–H groups in total. The van der Waals surface area contributed by atoms with E-state index in [0.717, 1.165) is 5.56 Å². The Bertz CT molecular complexity index is 556. The molecule has 1 aliphatic heterocycles. The van der Waals surface area contributed by atoms with Crippen LogP contribution in [-0.4, -0.2) is 17.6 Å². The molecular weight excluding hydrogens is 232 g/mol. The smallest absolute Gasteiger partial charge is 0.326 e. The summed E-state index contributed by atoms with van der Waals surface area (Å²) in [4.78, 5) is 26.8. The first-order valence-electron chi connectivity index (χ1n) is 5.42. The summed E-state index contributed by atoms with van der Waals surface area (Å²) < 4.78 is 0. The minimum Gasteiger partial charge on any atom is -0.326 e. The average molecular weight is 244 g/mol. The van der Waals surface area contributed by atoms with Gasteiger partial charge in [-0.05, 0) is 30.7 Å². The Morgan fingerprint density at radius 1 is 1.33 bits per heavy atom. The second-order valence-electron chi connectivity index (χ2n) is 3.92. The normalized spacial score (nSPS) is 16.4. The van der Waals surface area contributed by atoms with Gasteiger partial charge < -0.3 is 10.2 Å². The van der Waals surface area contributed by atoms with Crippen LogP contribution < -0.4 is 5.32 Å². The monoisotopic (exact) mass is 244 g/mol. The number of oxime groups is 1. The van der Waals surface area contributed by atoms with Crippen molar-refractivity contribution in [2.24, 2.45) is 5.16 Å². The lowest BCUT2D eigenvalue weighted by Gasteiger charge is -2.02. The highest BCUT2D eigenvalue weighted by Crippen LogP contribution is 2.17. The largest absolute Gasteiger partial charge is 0.367 e. The Balaban J connectivity index is 2.20. The molecule has 1 heterocycles. The molecule has 18 heavy (non-hydrogen) atoms. The molecule has 0 fully saturated rings. The third-order valence-electron chi connectivity index (χ3n) is 2.42. The van der Waals surface area contributed by atoms with Crippen molar-refractivity contribution in [1.29, 1.82) is 0 Å². The summed E-state index contributed by atoms with van der Waals surface area (Å²) in [5.41, 5.74) is 2.56. The van der Waals surface area contributed by atoms with Crippen molar-refractivity contribution in [3.63, 3.8) is 0 Å². The number of carbonyl (C=O) groups excluding carboxylic acids is 2. The van der Waals surface area contributed by atoms with Gasteiger partial charge in [-0.2, -0.15) is 0 Å². The lowest BCUT2D eigenvalue weighted by Crippen LogP contribution is -2.05. The first-order valence-corrected chi connectivity index (χ1v) is 5.42. The highest BCUT2D eigenvalue weighted by Gasteiger charge is 2.21. The summed E-state index contributed by atoms with van der Waals surface area (Å²) in [5, 5.41) is 6.26. The molecule has 0 saturated heterocycles. The first-order chi connectivity index (χ1) is 8.56. The standard InChI is InChI=1S/C13H12N2O3/c1-8-12(13(17)18-15-8)7-10-3-5-11(6-4-10)14-9(2)16/h3-7H,1-2H3,(H,14,16). The number of carbonyl (C=O) groups is 2. The van der Waals surface area contributed by atoms with Gasteiger partial charge in [-0.1, -0.05) is 17.3 Å². The van der Waals surface area contributed by atoms with Gasteiger partial charge in [0.25, 0.3) is 0 Å². The summed E-state index contributed by atoms with van der Waals surface area (Å²) in [5.74, 6) is -0.568. The fourth-order valence-electron chi connectivity index (χ4n) is 1.55. The number of amides is 1. The SMILES string of the molecule is CC(=O)Nc1ccc(C=C2C(=O)ON=C2C)cc1. The van der Waals surface area contributed by atoms with Gasteiger partial charge in [0.2, 0.25) is 5.91 Å². The predicted octanol–water partition coefficient (Wildman–Crippen LogP) is 1.96. The first kappa shape index (κ1) is 12.0. The summed E-state index contributed by atoms with van der Waals surface area (Å²) >= 11 is 0. The zero-order valence-electron chi connectivity index (χ0n) is 10.1. The molecule has 2 rings (SSSR count). The maximum absolute atomic E-state index is 11.3. The van der Waals surface area contributed by atoms with E-state index in [1.54, 1.807) is 37.3 Å². The Labute approximate surface area is 104 Å². The second-order valence-corrected chi connectivity index (χ2v) is 3.92. The van der Waals surface area contributed by atoms with E-state index in [9.17, 15) is 9.59 Å². The quantitative estimate of drug-likeness (QED) is 0.638. The Morgan fingerprint density at radius 3 is 2.50 bits per heavy atom. The third-order valence-corrected chi connectivity index (χ3v) is 2.42. The molecule has 0 bridgehead atoms. The van der Waals surface area contributed by atoms with Gasteiger partial charge in [-0.25, -0.2) is 4.79 Å². The van der Waals surface area contributed by atoms with Crippen molar-refractivity contribution in [2.45, 2.75) is 13.8 Å². The molecule has 0 unspecified atom stereocenters. The van der Waals surface area contributed by atoms with Gasteiger partial charge >= 0.3 is 5.97 Å². The molecule has 0 aliphatic carbocycles. The van der Waals surface area contributed by atoms with Crippen LogP contribution in [0.1, 0.15) is 19.4 Å². The van der Waals surface area contributed by atoms with Crippen LogP contribution in [-0.2, 0) is 14.4 Å². The maximum Gasteiger partial charge on any atom is 0.367 e. The summed E-state index contributed by atoms with van der Waals surface area (Å²) in [6.07, 6.45) is 1.70. The third kappa shape index (κ3) is 2.63. The van der Waals surface area contributed by atoms with E-state index in [2.05, 4.69) is 15.3 Å². The minimum atomic E-state index is -0.446. The van der Waals surface area contributed by atoms with E-state index in [0.29, 0.717) is 17.0 Å². The van der Waals surface area contributed by atoms with Crippen LogP contribution in [0.25, 0.3) is 6.08 Å². The number of benzene rings is 1. The number of anilines is 1. The molecule has 1 amide bonds. The van der Waals surface area contributed by atoms with Gasteiger partial charge in [-0.3, -0.25) is 4.79 Å². The maximum atomic E-state index is 11.3. The molecule has 1 aromatic rings. The van der Waals surface area contributed by atoms with Crippen molar-refractivity contribution in [3.8, 4) is 0 Å². The van der Waals surface area contributed by atoms with E-state index < -0.39 is 5.97 Å². The van der Waals surface area contributed by atoms with Crippen molar-refractivity contribution in [1.82, 2.24) is 0 Å². The molecular formula is C13H12N2O3. The van der Waals surface area contributed by atoms with Gasteiger partial charge in [0, 0.05) is 12.6 Å². The van der Waals surface area contributed by atoms with Gasteiger partial charge in [0.15, 0.2) is 0 Å². The number of rotatable bonds is 2. The molecule has 1 aromatic carbocycles. The van der Waals surface area contributed by atoms with Crippen LogP contribution in [0.3, 0.4) is 0 Å². The highest BCUT2D eigenvalue weighted by molar-refractivity contribution is 6.24. The fourth-order valence-corrected chi connectivity index (χ4v) is 1.55. The molecule has 92 valence electrons.